The van der Waals surface area contributed by atoms with Gasteiger partial charge < -0.3 is 14.2 Å². The van der Waals surface area contributed by atoms with Crippen LogP contribution in [0.3, 0.4) is 0 Å². The summed E-state index contributed by atoms with van der Waals surface area (Å²) in [5, 5.41) is 0. The Morgan fingerprint density at radius 2 is 0.329 bits per heavy atom. The fraction of sp³-hybridized carbons (Fsp3) is 0.961. The largest absolute Gasteiger partial charge is 0.462 e. The minimum absolute atomic E-state index is 0.0597. The third kappa shape index (κ3) is 69.2. The van der Waals surface area contributed by atoms with Gasteiger partial charge in [0.15, 0.2) is 6.10 Å². The highest BCUT2D eigenvalue weighted by Crippen LogP contribution is 2.20. The summed E-state index contributed by atoms with van der Waals surface area (Å²) >= 11 is 0. The van der Waals surface area contributed by atoms with Crippen molar-refractivity contribution in [2.75, 3.05) is 13.2 Å². The summed E-state index contributed by atoms with van der Waals surface area (Å²) in [5.41, 5.74) is 0. The molecule has 0 N–H and O–H groups in total. The Morgan fingerprint density at radius 3 is 0.488 bits per heavy atom. The molecule has 488 valence electrons. The smallest absolute Gasteiger partial charge is 0.306 e. The van der Waals surface area contributed by atoms with Crippen molar-refractivity contribution in [3.63, 3.8) is 0 Å². The van der Waals surface area contributed by atoms with Crippen molar-refractivity contribution >= 4 is 17.9 Å². The lowest BCUT2D eigenvalue weighted by Crippen LogP contribution is -2.30. The van der Waals surface area contributed by atoms with Crippen molar-refractivity contribution in [1.82, 2.24) is 0 Å². The molecule has 0 aromatic heterocycles. The van der Waals surface area contributed by atoms with Crippen LogP contribution >= 0.6 is 0 Å². The molecular weight excluding hydrogens is 1010 g/mol. The van der Waals surface area contributed by atoms with Gasteiger partial charge >= 0.3 is 17.9 Å². The average molecular weight is 1160 g/mol. The number of carbonyl (C=O) groups is 3. The van der Waals surface area contributed by atoms with Gasteiger partial charge in [0.2, 0.25) is 0 Å². The zero-order valence-electron chi connectivity index (χ0n) is 56.3. The van der Waals surface area contributed by atoms with Crippen molar-refractivity contribution in [3.05, 3.63) is 0 Å². The first kappa shape index (κ1) is 80.4. The van der Waals surface area contributed by atoms with Crippen molar-refractivity contribution < 1.29 is 28.6 Å². The maximum atomic E-state index is 13.0. The van der Waals surface area contributed by atoms with Crippen molar-refractivity contribution in [2.45, 2.75) is 457 Å². The molecule has 0 spiro atoms. The van der Waals surface area contributed by atoms with E-state index in [0.717, 1.165) is 57.8 Å². The predicted molar refractivity (Wildman–Crippen MR) is 358 cm³/mol. The molecule has 0 rings (SSSR count). The van der Waals surface area contributed by atoms with E-state index in [2.05, 4.69) is 20.8 Å². The zero-order valence-corrected chi connectivity index (χ0v) is 56.3. The summed E-state index contributed by atoms with van der Waals surface area (Å²) in [6.45, 7) is 6.76. The number of hydrogen-bond acceptors (Lipinski definition) is 6. The van der Waals surface area contributed by atoms with E-state index in [1.807, 2.05) is 0 Å². The molecule has 0 saturated carbocycles. The number of hydrogen-bond donors (Lipinski definition) is 0. The molecule has 0 radical (unpaired) electrons. The molecule has 6 heteroatoms. The van der Waals surface area contributed by atoms with Crippen LogP contribution in [0.5, 0.6) is 0 Å². The zero-order chi connectivity index (χ0) is 59.2. The van der Waals surface area contributed by atoms with Gasteiger partial charge in [-0.3, -0.25) is 14.4 Å². The second kappa shape index (κ2) is 71.9. The van der Waals surface area contributed by atoms with E-state index in [4.69, 9.17) is 14.2 Å². The van der Waals surface area contributed by atoms with Crippen molar-refractivity contribution in [2.24, 2.45) is 0 Å². The molecule has 0 aromatic carbocycles. The molecule has 1 atom stereocenters. The minimum atomic E-state index is -0.764. The van der Waals surface area contributed by atoms with E-state index < -0.39 is 6.10 Å². The number of rotatable bonds is 72. The summed E-state index contributed by atoms with van der Waals surface area (Å²) in [6.07, 6.45) is 85.8. The van der Waals surface area contributed by atoms with E-state index >= 15 is 0 Å². The van der Waals surface area contributed by atoms with Crippen LogP contribution in [0.4, 0.5) is 0 Å². The van der Waals surface area contributed by atoms with Crippen LogP contribution in [-0.2, 0) is 28.6 Å². The Morgan fingerprint density at radius 1 is 0.195 bits per heavy atom. The molecule has 1 unspecified atom stereocenters. The van der Waals surface area contributed by atoms with Gasteiger partial charge in [-0.15, -0.1) is 0 Å². The fourth-order valence-electron chi connectivity index (χ4n) is 12.2. The quantitative estimate of drug-likeness (QED) is 0.0343. The Hall–Kier alpha value is -1.59. The molecule has 82 heavy (non-hydrogen) atoms. The molecule has 0 bridgehead atoms. The van der Waals surface area contributed by atoms with Crippen LogP contribution in [0, 0.1) is 0 Å². The van der Waals surface area contributed by atoms with E-state index in [-0.39, 0.29) is 31.1 Å². The van der Waals surface area contributed by atoms with E-state index in [9.17, 15) is 14.4 Å². The van der Waals surface area contributed by atoms with Crippen LogP contribution in [0.2, 0.25) is 0 Å². The van der Waals surface area contributed by atoms with Gasteiger partial charge in [-0.1, -0.05) is 412 Å². The third-order valence-electron chi connectivity index (χ3n) is 17.9. The topological polar surface area (TPSA) is 78.9 Å². The molecule has 0 aliphatic heterocycles. The summed E-state index contributed by atoms with van der Waals surface area (Å²) in [7, 11) is 0. The molecule has 0 aromatic rings. The minimum Gasteiger partial charge on any atom is -0.462 e. The first-order chi connectivity index (χ1) is 40.5. The Balaban J connectivity index is 4.24. The first-order valence-electron chi connectivity index (χ1n) is 38.0. The highest BCUT2D eigenvalue weighted by atomic mass is 16.6. The van der Waals surface area contributed by atoms with Gasteiger partial charge in [0.25, 0.3) is 0 Å². The van der Waals surface area contributed by atoms with Crippen LogP contribution < -0.4 is 0 Å². The van der Waals surface area contributed by atoms with E-state index in [0.29, 0.717) is 19.3 Å². The molecule has 0 fully saturated rings. The highest BCUT2D eigenvalue weighted by molar-refractivity contribution is 5.71. The molecule has 6 nitrogen and oxygen atoms in total. The lowest BCUT2D eigenvalue weighted by Gasteiger charge is -2.18. The standard InChI is InChI=1S/C76H148O6/c1-4-7-10-13-16-19-22-25-28-31-34-36-38-39-41-42-45-48-51-54-57-60-63-66-69-75(78)81-72-73(71-80-74(77)68-65-62-59-56-53-50-47-44-33-30-27-24-21-18-15-12-9-6-3)82-76(79)70-67-64-61-58-55-52-49-46-43-40-37-35-32-29-26-23-20-17-14-11-8-5-2/h73H,4-72H2,1-3H3. The maximum Gasteiger partial charge on any atom is 0.306 e. The van der Waals surface area contributed by atoms with Gasteiger partial charge in [0.1, 0.15) is 13.2 Å². The summed E-state index contributed by atoms with van der Waals surface area (Å²) < 4.78 is 17.1. The molecular formula is C76H148O6. The van der Waals surface area contributed by atoms with Gasteiger partial charge in [-0.25, -0.2) is 0 Å². The second-order valence-corrected chi connectivity index (χ2v) is 26.3. The Bertz CT molecular complexity index is 1240. The van der Waals surface area contributed by atoms with Crippen LogP contribution in [0.1, 0.15) is 451 Å². The number of unbranched alkanes of at least 4 members (excludes halogenated alkanes) is 61. The summed E-state index contributed by atoms with van der Waals surface area (Å²) in [5.74, 6) is -0.813. The average Bonchev–Trinajstić information content (AvgIpc) is 3.47. The normalized spacial score (nSPS) is 11.9. The Kier molecular flexibility index (Phi) is 70.5. The summed E-state index contributed by atoms with van der Waals surface area (Å²) in [6, 6.07) is 0. The molecule has 0 heterocycles. The molecule has 0 aliphatic carbocycles. The van der Waals surface area contributed by atoms with Crippen LogP contribution in [-0.4, -0.2) is 37.2 Å². The van der Waals surface area contributed by atoms with Crippen LogP contribution in [0.25, 0.3) is 0 Å². The van der Waals surface area contributed by atoms with Crippen LogP contribution in [0.15, 0.2) is 0 Å². The number of esters is 3. The van der Waals surface area contributed by atoms with E-state index in [1.165, 1.54) is 353 Å². The third-order valence-corrected chi connectivity index (χ3v) is 17.9. The van der Waals surface area contributed by atoms with Gasteiger partial charge in [0, 0.05) is 19.3 Å². The lowest BCUT2D eigenvalue weighted by atomic mass is 10.0. The van der Waals surface area contributed by atoms with Crippen molar-refractivity contribution in [3.8, 4) is 0 Å². The van der Waals surface area contributed by atoms with Gasteiger partial charge in [-0.05, 0) is 19.3 Å². The predicted octanol–water partition coefficient (Wildman–Crippen LogP) is 26.2. The fourth-order valence-corrected chi connectivity index (χ4v) is 12.2. The molecule has 0 saturated heterocycles. The van der Waals surface area contributed by atoms with E-state index in [1.54, 1.807) is 0 Å². The molecule has 0 aliphatic rings. The van der Waals surface area contributed by atoms with Gasteiger partial charge in [0.05, 0.1) is 0 Å². The summed E-state index contributed by atoms with van der Waals surface area (Å²) in [4.78, 5) is 38.6. The van der Waals surface area contributed by atoms with Gasteiger partial charge in [-0.2, -0.15) is 0 Å². The monoisotopic (exact) mass is 1160 g/mol. The SMILES string of the molecule is CCCCCCCCCCCCCCCCCCCCCCCCCCC(=O)OCC(COC(=O)CCCCCCCCCCCCCCCCCCCC)OC(=O)CCCCCCCCCCCCCCCCCCCCCCCC. The maximum absolute atomic E-state index is 13.0. The highest BCUT2D eigenvalue weighted by Gasteiger charge is 2.20. The lowest BCUT2D eigenvalue weighted by molar-refractivity contribution is -0.167. The number of ether oxygens (including phenoxy) is 3. The second-order valence-electron chi connectivity index (χ2n) is 26.3. The van der Waals surface area contributed by atoms with Crippen molar-refractivity contribution in [1.29, 1.82) is 0 Å². The first-order valence-corrected chi connectivity index (χ1v) is 38.0. The molecule has 0 amide bonds. The number of carbonyl (C=O) groups excluding carboxylic acids is 3. The Labute approximate surface area is 514 Å².